The van der Waals surface area contributed by atoms with E-state index in [9.17, 15) is 9.59 Å². The van der Waals surface area contributed by atoms with Crippen molar-refractivity contribution in [3.63, 3.8) is 0 Å². The number of fused-ring (bicyclic) bond motifs is 2. The van der Waals surface area contributed by atoms with E-state index >= 15 is 0 Å². The molecule has 2 aromatic carbocycles. The molecule has 0 spiro atoms. The van der Waals surface area contributed by atoms with E-state index in [-0.39, 0.29) is 17.9 Å². The minimum atomic E-state index is -0.198. The molecular weight excluding hydrogens is 338 g/mol. The van der Waals surface area contributed by atoms with E-state index in [1.165, 1.54) is 35.3 Å². The molecule has 0 bridgehead atoms. The van der Waals surface area contributed by atoms with Crippen LogP contribution in [0.3, 0.4) is 0 Å². The van der Waals surface area contributed by atoms with Gasteiger partial charge in [0.25, 0.3) is 11.8 Å². The third kappa shape index (κ3) is 3.48. The molecule has 2 aliphatic rings. The molecule has 2 aromatic rings. The van der Waals surface area contributed by atoms with Gasteiger partial charge in [-0.3, -0.25) is 14.5 Å². The molecule has 0 N–H and O–H groups in total. The van der Waals surface area contributed by atoms with Crippen molar-refractivity contribution in [1.29, 1.82) is 0 Å². The Morgan fingerprint density at radius 1 is 0.926 bits per heavy atom. The quantitative estimate of drug-likeness (QED) is 0.584. The van der Waals surface area contributed by atoms with E-state index in [1.54, 1.807) is 24.3 Å². The van der Waals surface area contributed by atoms with Crippen molar-refractivity contribution in [3.8, 4) is 5.75 Å². The van der Waals surface area contributed by atoms with Crippen molar-refractivity contribution in [2.24, 2.45) is 0 Å². The SMILES string of the molecule is C[C@@H](CCN1C(=O)c2ccccc2C1=O)Oc1cccc2c1CCCCC2. The van der Waals surface area contributed by atoms with E-state index in [2.05, 4.69) is 12.1 Å². The average Bonchev–Trinajstić information content (AvgIpc) is 2.84. The van der Waals surface area contributed by atoms with Gasteiger partial charge in [-0.2, -0.15) is 0 Å². The Bertz CT molecular complexity index is 839. The van der Waals surface area contributed by atoms with Crippen LogP contribution in [-0.4, -0.2) is 29.4 Å². The summed E-state index contributed by atoms with van der Waals surface area (Å²) in [4.78, 5) is 26.3. The number of ether oxygens (including phenoxy) is 1. The van der Waals surface area contributed by atoms with E-state index < -0.39 is 0 Å². The monoisotopic (exact) mass is 363 g/mol. The maximum Gasteiger partial charge on any atom is 0.261 e. The second-order valence-electron chi connectivity index (χ2n) is 7.48. The minimum absolute atomic E-state index is 0.0657. The standard InChI is InChI=1S/C23H25NO3/c1-16(27-21-13-7-9-17-8-3-2-4-10-18(17)21)14-15-24-22(25)19-11-5-6-12-20(19)23(24)26/h5-7,9,11-13,16H,2-4,8,10,14-15H2,1H3/t16-/m0/s1. The third-order valence-electron chi connectivity index (χ3n) is 5.57. The summed E-state index contributed by atoms with van der Waals surface area (Å²) < 4.78 is 6.23. The molecule has 4 rings (SSSR count). The molecule has 27 heavy (non-hydrogen) atoms. The Labute approximate surface area is 160 Å². The maximum atomic E-state index is 12.5. The van der Waals surface area contributed by atoms with E-state index in [0.29, 0.717) is 24.1 Å². The zero-order valence-corrected chi connectivity index (χ0v) is 15.7. The van der Waals surface area contributed by atoms with Crippen LogP contribution in [-0.2, 0) is 12.8 Å². The number of aryl methyl sites for hydroxylation is 1. The summed E-state index contributed by atoms with van der Waals surface area (Å²) in [5.41, 5.74) is 3.74. The van der Waals surface area contributed by atoms with Crippen LogP contribution in [0.15, 0.2) is 42.5 Å². The minimum Gasteiger partial charge on any atom is -0.490 e. The molecule has 4 nitrogen and oxygen atoms in total. The van der Waals surface area contributed by atoms with Crippen molar-refractivity contribution < 1.29 is 14.3 Å². The third-order valence-corrected chi connectivity index (χ3v) is 5.57. The van der Waals surface area contributed by atoms with Gasteiger partial charge in [-0.25, -0.2) is 0 Å². The predicted octanol–water partition coefficient (Wildman–Crippen LogP) is 4.41. The fourth-order valence-corrected chi connectivity index (χ4v) is 4.06. The van der Waals surface area contributed by atoms with Crippen molar-refractivity contribution in [2.45, 2.75) is 51.6 Å². The normalized spacial score (nSPS) is 17.3. The smallest absolute Gasteiger partial charge is 0.261 e. The summed E-state index contributed by atoms with van der Waals surface area (Å²) in [6.07, 6.45) is 6.46. The van der Waals surface area contributed by atoms with Crippen LogP contribution >= 0.6 is 0 Å². The highest BCUT2D eigenvalue weighted by Crippen LogP contribution is 2.30. The largest absolute Gasteiger partial charge is 0.490 e. The van der Waals surface area contributed by atoms with Gasteiger partial charge in [-0.05, 0) is 61.9 Å². The lowest BCUT2D eigenvalue weighted by molar-refractivity contribution is 0.0634. The predicted molar refractivity (Wildman–Crippen MR) is 104 cm³/mol. The fraction of sp³-hybridized carbons (Fsp3) is 0.391. The molecule has 140 valence electrons. The Morgan fingerprint density at radius 3 is 2.37 bits per heavy atom. The fourth-order valence-electron chi connectivity index (χ4n) is 4.06. The summed E-state index contributed by atoms with van der Waals surface area (Å²) >= 11 is 0. The lowest BCUT2D eigenvalue weighted by atomic mass is 10.0. The van der Waals surface area contributed by atoms with Crippen LogP contribution in [0.4, 0.5) is 0 Å². The number of nitrogens with zero attached hydrogens (tertiary/aromatic N) is 1. The summed E-state index contributed by atoms with van der Waals surface area (Å²) in [6.45, 7) is 2.39. The molecule has 1 atom stereocenters. The number of amides is 2. The summed E-state index contributed by atoms with van der Waals surface area (Å²) in [6, 6.07) is 13.3. The lowest BCUT2D eigenvalue weighted by Gasteiger charge is -2.21. The average molecular weight is 363 g/mol. The summed E-state index contributed by atoms with van der Waals surface area (Å²) in [7, 11) is 0. The lowest BCUT2D eigenvalue weighted by Crippen LogP contribution is -2.33. The zero-order chi connectivity index (χ0) is 18.8. The first-order valence-corrected chi connectivity index (χ1v) is 9.88. The Morgan fingerprint density at radius 2 is 1.63 bits per heavy atom. The van der Waals surface area contributed by atoms with Crippen molar-refractivity contribution in [3.05, 3.63) is 64.7 Å². The van der Waals surface area contributed by atoms with Gasteiger partial charge in [0.15, 0.2) is 0 Å². The van der Waals surface area contributed by atoms with E-state index in [4.69, 9.17) is 4.74 Å². The molecule has 2 amide bonds. The van der Waals surface area contributed by atoms with Gasteiger partial charge in [0.2, 0.25) is 0 Å². The van der Waals surface area contributed by atoms with Gasteiger partial charge in [0, 0.05) is 13.0 Å². The molecule has 0 fully saturated rings. The van der Waals surface area contributed by atoms with E-state index in [1.807, 2.05) is 13.0 Å². The highest BCUT2D eigenvalue weighted by molar-refractivity contribution is 6.21. The topological polar surface area (TPSA) is 46.6 Å². The first kappa shape index (κ1) is 17.8. The zero-order valence-electron chi connectivity index (χ0n) is 15.7. The van der Waals surface area contributed by atoms with Gasteiger partial charge in [-0.1, -0.05) is 30.7 Å². The Kier molecular flexibility index (Phi) is 4.97. The Hall–Kier alpha value is -2.62. The van der Waals surface area contributed by atoms with Crippen LogP contribution in [0.1, 0.15) is 64.4 Å². The molecule has 1 heterocycles. The molecule has 0 saturated carbocycles. The van der Waals surface area contributed by atoms with Crippen LogP contribution < -0.4 is 4.74 Å². The van der Waals surface area contributed by atoms with Crippen LogP contribution in [0.5, 0.6) is 5.75 Å². The van der Waals surface area contributed by atoms with Gasteiger partial charge < -0.3 is 4.74 Å². The summed E-state index contributed by atoms with van der Waals surface area (Å²) in [5.74, 6) is 0.567. The van der Waals surface area contributed by atoms with Crippen molar-refractivity contribution in [1.82, 2.24) is 4.90 Å². The first-order chi connectivity index (χ1) is 13.1. The number of benzene rings is 2. The van der Waals surface area contributed by atoms with Crippen molar-refractivity contribution in [2.75, 3.05) is 6.54 Å². The number of rotatable bonds is 5. The van der Waals surface area contributed by atoms with Crippen molar-refractivity contribution >= 4 is 11.8 Å². The highest BCUT2D eigenvalue weighted by Gasteiger charge is 2.34. The number of hydrogen-bond acceptors (Lipinski definition) is 3. The molecule has 4 heteroatoms. The highest BCUT2D eigenvalue weighted by atomic mass is 16.5. The second-order valence-corrected chi connectivity index (χ2v) is 7.48. The van der Waals surface area contributed by atoms with Crippen LogP contribution in [0, 0.1) is 0 Å². The van der Waals surface area contributed by atoms with Crippen LogP contribution in [0.2, 0.25) is 0 Å². The molecule has 0 unspecified atom stereocenters. The number of carbonyl (C=O) groups excluding carboxylic acids is 2. The molecule has 1 aliphatic carbocycles. The number of carbonyl (C=O) groups is 2. The van der Waals surface area contributed by atoms with E-state index in [0.717, 1.165) is 18.6 Å². The Balaban J connectivity index is 1.41. The first-order valence-electron chi connectivity index (χ1n) is 9.88. The molecular formula is C23H25NO3. The molecule has 0 saturated heterocycles. The van der Waals surface area contributed by atoms with Gasteiger partial charge in [0.05, 0.1) is 17.2 Å². The van der Waals surface area contributed by atoms with Gasteiger partial charge in [-0.15, -0.1) is 0 Å². The summed E-state index contributed by atoms with van der Waals surface area (Å²) in [5, 5.41) is 0. The number of hydrogen-bond donors (Lipinski definition) is 0. The molecule has 0 aromatic heterocycles. The maximum absolute atomic E-state index is 12.5. The van der Waals surface area contributed by atoms with Gasteiger partial charge in [0.1, 0.15) is 5.75 Å². The number of imide groups is 1. The molecule has 0 radical (unpaired) electrons. The molecule has 1 aliphatic heterocycles. The second kappa shape index (κ2) is 7.55. The van der Waals surface area contributed by atoms with Crippen LogP contribution in [0.25, 0.3) is 0 Å². The van der Waals surface area contributed by atoms with Gasteiger partial charge >= 0.3 is 0 Å².